The Labute approximate surface area is 176 Å². The summed E-state index contributed by atoms with van der Waals surface area (Å²) in [6, 6.07) is 19.3. The first-order valence-electron chi connectivity index (χ1n) is 9.53. The molecule has 3 aromatic rings. The lowest BCUT2D eigenvalue weighted by Crippen LogP contribution is -2.39. The minimum absolute atomic E-state index is 0.0675. The number of pyridine rings is 1. The van der Waals surface area contributed by atoms with E-state index in [4.69, 9.17) is 12.2 Å². The summed E-state index contributed by atoms with van der Waals surface area (Å²) in [6.45, 7) is 4.00. The summed E-state index contributed by atoms with van der Waals surface area (Å²) in [7, 11) is 0. The summed E-state index contributed by atoms with van der Waals surface area (Å²) >= 11 is 5.67. The van der Waals surface area contributed by atoms with Crippen LogP contribution in [0, 0.1) is 6.92 Å². The number of aryl methyl sites for hydroxylation is 2. The molecule has 29 heavy (non-hydrogen) atoms. The number of aliphatic hydroxyl groups is 2. The Morgan fingerprint density at radius 1 is 1.03 bits per heavy atom. The second-order valence-corrected chi connectivity index (χ2v) is 7.26. The Morgan fingerprint density at radius 3 is 2.45 bits per heavy atom. The predicted molar refractivity (Wildman–Crippen MR) is 122 cm³/mol. The summed E-state index contributed by atoms with van der Waals surface area (Å²) in [5.41, 5.74) is 4.99. The summed E-state index contributed by atoms with van der Waals surface area (Å²) < 4.78 is 1.74. The Balaban J connectivity index is 2.08. The van der Waals surface area contributed by atoms with E-state index in [1.54, 1.807) is 17.0 Å². The molecule has 0 saturated carbocycles. The zero-order chi connectivity index (χ0) is 20.8. The van der Waals surface area contributed by atoms with Gasteiger partial charge < -0.3 is 15.5 Å². The fourth-order valence-electron chi connectivity index (χ4n) is 3.05. The van der Waals surface area contributed by atoms with E-state index in [0.717, 1.165) is 23.2 Å². The summed E-state index contributed by atoms with van der Waals surface area (Å²) in [6.07, 6.45) is 4.49. The van der Waals surface area contributed by atoms with Crippen LogP contribution in [0.5, 0.6) is 0 Å². The van der Waals surface area contributed by atoms with Crippen LogP contribution in [0.1, 0.15) is 29.2 Å². The van der Waals surface area contributed by atoms with Gasteiger partial charge in [0, 0.05) is 22.9 Å². The number of nitrogens with one attached hydrogen (secondary N) is 1. The molecule has 2 aromatic carbocycles. The lowest BCUT2D eigenvalue weighted by atomic mass is 10.1. The average molecular weight is 406 g/mol. The molecule has 0 saturated heterocycles. The van der Waals surface area contributed by atoms with Crippen molar-refractivity contribution in [1.29, 1.82) is 0 Å². The normalized spacial score (nSPS) is 11.7. The third kappa shape index (κ3) is 5.08. The number of thiocarbonyl (C=S) groups is 1. The average Bonchev–Trinajstić information content (AvgIpc) is 2.74. The Kier molecular flexibility index (Phi) is 6.75. The molecule has 148 valence electrons. The summed E-state index contributed by atoms with van der Waals surface area (Å²) in [4.78, 5) is 0.382. The van der Waals surface area contributed by atoms with Crippen molar-refractivity contribution >= 4 is 34.3 Å². The number of aromatic nitrogens is 1. The van der Waals surface area contributed by atoms with Gasteiger partial charge in [0.2, 0.25) is 0 Å². The van der Waals surface area contributed by atoms with Crippen LogP contribution in [0.2, 0.25) is 0 Å². The standard InChI is InChI=1S/C24H24N2O2S/c1-3-18-9-11-20(12-10-18)23(28)22(26-13-5-7-19(15-26)16-27)24(29)25-21-8-4-6-17(2)14-21/h4-15,27H,3,16H2,1-2H3,(H-,25,28,29)/p+1. The van der Waals surface area contributed by atoms with Crippen molar-refractivity contribution in [3.05, 3.63) is 95.3 Å². The molecule has 0 spiro atoms. The molecule has 0 atom stereocenters. The Bertz CT molecular complexity index is 1040. The van der Waals surface area contributed by atoms with Gasteiger partial charge in [-0.15, -0.1) is 0 Å². The lowest BCUT2D eigenvalue weighted by molar-refractivity contribution is -0.576. The molecule has 3 rings (SSSR count). The van der Waals surface area contributed by atoms with Gasteiger partial charge in [0.15, 0.2) is 23.1 Å². The molecule has 4 nitrogen and oxygen atoms in total. The molecule has 0 radical (unpaired) electrons. The first-order chi connectivity index (χ1) is 14.0. The minimum atomic E-state index is -0.0991. The highest BCUT2D eigenvalue weighted by Gasteiger charge is 2.24. The van der Waals surface area contributed by atoms with Gasteiger partial charge in [-0.25, -0.2) is 0 Å². The molecule has 0 bridgehead atoms. The van der Waals surface area contributed by atoms with Crippen molar-refractivity contribution in [2.75, 3.05) is 5.32 Å². The molecule has 3 N–H and O–H groups in total. The minimum Gasteiger partial charge on any atom is -0.502 e. The third-order valence-electron chi connectivity index (χ3n) is 4.65. The molecule has 5 heteroatoms. The van der Waals surface area contributed by atoms with E-state index in [9.17, 15) is 10.2 Å². The predicted octanol–water partition coefficient (Wildman–Crippen LogP) is 4.66. The van der Waals surface area contributed by atoms with Crippen molar-refractivity contribution in [3.8, 4) is 0 Å². The van der Waals surface area contributed by atoms with E-state index in [-0.39, 0.29) is 12.4 Å². The fourth-order valence-corrected chi connectivity index (χ4v) is 3.37. The van der Waals surface area contributed by atoms with Gasteiger partial charge >= 0.3 is 0 Å². The van der Waals surface area contributed by atoms with E-state index < -0.39 is 0 Å². The van der Waals surface area contributed by atoms with E-state index in [1.165, 1.54) is 5.56 Å². The number of benzene rings is 2. The molecule has 0 aliphatic heterocycles. The zero-order valence-electron chi connectivity index (χ0n) is 16.6. The zero-order valence-corrected chi connectivity index (χ0v) is 17.4. The number of nitrogens with zero attached hydrogens (tertiary/aromatic N) is 1. The molecule has 1 heterocycles. The number of hydrogen-bond acceptors (Lipinski definition) is 3. The van der Waals surface area contributed by atoms with Crippen LogP contribution in [0.3, 0.4) is 0 Å². The Hall–Kier alpha value is -3.02. The molecule has 0 aliphatic carbocycles. The second-order valence-electron chi connectivity index (χ2n) is 6.85. The highest BCUT2D eigenvalue weighted by atomic mass is 32.1. The van der Waals surface area contributed by atoms with Gasteiger partial charge in [-0.3, -0.25) is 0 Å². The molecule has 0 fully saturated rings. The van der Waals surface area contributed by atoms with Gasteiger partial charge in [-0.05, 0) is 42.7 Å². The van der Waals surface area contributed by atoms with Crippen LogP contribution < -0.4 is 9.88 Å². The maximum Gasteiger partial charge on any atom is 0.288 e. The summed E-state index contributed by atoms with van der Waals surface area (Å²) in [5.74, 6) is 0.0675. The van der Waals surface area contributed by atoms with Crippen molar-refractivity contribution in [2.45, 2.75) is 26.9 Å². The molecular formula is C24H25N2O2S+. The SMILES string of the molecule is CCc1ccc(C(O)=C(C(=S)Nc2cccc(C)c2)[n+]2cccc(CO)c2)cc1. The van der Waals surface area contributed by atoms with Crippen molar-refractivity contribution < 1.29 is 14.8 Å². The smallest absolute Gasteiger partial charge is 0.288 e. The van der Waals surface area contributed by atoms with Crippen LogP contribution >= 0.6 is 12.2 Å². The highest BCUT2D eigenvalue weighted by molar-refractivity contribution is 7.81. The van der Waals surface area contributed by atoms with Crippen LogP contribution in [-0.4, -0.2) is 15.2 Å². The Morgan fingerprint density at radius 2 is 1.79 bits per heavy atom. The maximum absolute atomic E-state index is 11.1. The van der Waals surface area contributed by atoms with Gasteiger partial charge in [-0.1, -0.05) is 55.5 Å². The van der Waals surface area contributed by atoms with Crippen LogP contribution in [-0.2, 0) is 13.0 Å². The molecule has 0 unspecified atom stereocenters. The van der Waals surface area contributed by atoms with E-state index in [1.807, 2.05) is 67.6 Å². The van der Waals surface area contributed by atoms with Gasteiger partial charge in [0.05, 0.1) is 6.61 Å². The maximum atomic E-state index is 11.1. The molecule has 1 aromatic heterocycles. The van der Waals surface area contributed by atoms with E-state index >= 15 is 0 Å². The highest BCUT2D eigenvalue weighted by Crippen LogP contribution is 2.20. The van der Waals surface area contributed by atoms with Crippen LogP contribution in [0.25, 0.3) is 11.5 Å². The lowest BCUT2D eigenvalue weighted by Gasteiger charge is -2.11. The first-order valence-corrected chi connectivity index (χ1v) is 9.94. The monoisotopic (exact) mass is 405 g/mol. The first kappa shape index (κ1) is 20.7. The van der Waals surface area contributed by atoms with Crippen LogP contribution in [0.15, 0.2) is 73.1 Å². The number of rotatable bonds is 6. The second kappa shape index (κ2) is 9.45. The molecule has 0 amide bonds. The van der Waals surface area contributed by atoms with E-state index in [2.05, 4.69) is 12.2 Å². The van der Waals surface area contributed by atoms with Crippen molar-refractivity contribution in [1.82, 2.24) is 0 Å². The third-order valence-corrected chi connectivity index (χ3v) is 4.95. The molecule has 0 aliphatic rings. The largest absolute Gasteiger partial charge is 0.502 e. The topological polar surface area (TPSA) is 56.4 Å². The number of anilines is 1. The molecular weight excluding hydrogens is 380 g/mol. The van der Waals surface area contributed by atoms with Crippen LogP contribution in [0.4, 0.5) is 5.69 Å². The van der Waals surface area contributed by atoms with Crippen molar-refractivity contribution in [2.24, 2.45) is 0 Å². The number of hydrogen-bond donors (Lipinski definition) is 3. The van der Waals surface area contributed by atoms with Gasteiger partial charge in [0.25, 0.3) is 5.70 Å². The summed E-state index contributed by atoms with van der Waals surface area (Å²) in [5, 5.41) is 23.9. The van der Waals surface area contributed by atoms with Gasteiger partial charge in [0.1, 0.15) is 0 Å². The van der Waals surface area contributed by atoms with Crippen molar-refractivity contribution in [3.63, 3.8) is 0 Å². The van der Waals surface area contributed by atoms with Gasteiger partial charge in [-0.2, -0.15) is 4.57 Å². The van der Waals surface area contributed by atoms with E-state index in [0.29, 0.717) is 16.2 Å². The quantitative estimate of drug-likeness (QED) is 0.242. The number of aliphatic hydroxyl groups excluding tert-OH is 2. The fraction of sp³-hybridized carbons (Fsp3) is 0.167.